The summed E-state index contributed by atoms with van der Waals surface area (Å²) < 4.78 is 0. The summed E-state index contributed by atoms with van der Waals surface area (Å²) >= 11 is 1.30. The Bertz CT molecular complexity index is 514. The zero-order valence-corrected chi connectivity index (χ0v) is 13.9. The molecule has 1 rings (SSSR count). The number of nitrogens with zero attached hydrogens (tertiary/aromatic N) is 1. The zero-order valence-electron chi connectivity index (χ0n) is 13.0. The Morgan fingerprint density at radius 2 is 2.00 bits per heavy atom. The molecule has 0 aliphatic heterocycles. The maximum Gasteiger partial charge on any atom is 0.305 e. The first-order valence-electron chi connectivity index (χ1n) is 7.16. The van der Waals surface area contributed by atoms with E-state index < -0.39 is 12.0 Å². The van der Waals surface area contributed by atoms with Crippen LogP contribution >= 0.6 is 11.3 Å². The van der Waals surface area contributed by atoms with Gasteiger partial charge in [-0.1, -0.05) is 19.9 Å². The first-order chi connectivity index (χ1) is 10.3. The number of carbonyl (C=O) groups excluding carboxylic acids is 2. The SMILES string of the molecule is CC(C)CN(CCC(=O)O)C(=O)C(C)NC(=O)c1cccs1. The first-order valence-corrected chi connectivity index (χ1v) is 8.04. The quantitative estimate of drug-likeness (QED) is 0.763. The second-order valence-corrected chi connectivity index (χ2v) is 6.44. The monoisotopic (exact) mass is 326 g/mol. The average molecular weight is 326 g/mol. The van der Waals surface area contributed by atoms with E-state index in [-0.39, 0.29) is 30.7 Å². The van der Waals surface area contributed by atoms with E-state index >= 15 is 0 Å². The van der Waals surface area contributed by atoms with Crippen LogP contribution in [0.5, 0.6) is 0 Å². The number of hydrogen-bond donors (Lipinski definition) is 2. The molecular formula is C15H22N2O4S. The number of carbonyl (C=O) groups is 3. The van der Waals surface area contributed by atoms with E-state index in [4.69, 9.17) is 5.11 Å². The molecule has 0 aliphatic carbocycles. The Morgan fingerprint density at radius 3 is 2.50 bits per heavy atom. The highest BCUT2D eigenvalue weighted by atomic mass is 32.1. The molecule has 7 heteroatoms. The average Bonchev–Trinajstić information content (AvgIpc) is 2.96. The fourth-order valence-electron chi connectivity index (χ4n) is 1.97. The van der Waals surface area contributed by atoms with Gasteiger partial charge in [-0.2, -0.15) is 0 Å². The molecule has 6 nitrogen and oxygen atoms in total. The minimum atomic E-state index is -0.947. The van der Waals surface area contributed by atoms with Gasteiger partial charge in [0.25, 0.3) is 5.91 Å². The highest BCUT2D eigenvalue weighted by Gasteiger charge is 2.23. The minimum absolute atomic E-state index is 0.107. The summed E-state index contributed by atoms with van der Waals surface area (Å²) in [5.41, 5.74) is 0. The van der Waals surface area contributed by atoms with Crippen molar-refractivity contribution in [3.63, 3.8) is 0 Å². The van der Waals surface area contributed by atoms with Crippen LogP contribution in [-0.2, 0) is 9.59 Å². The molecular weight excluding hydrogens is 304 g/mol. The molecule has 0 aromatic carbocycles. The molecule has 1 heterocycles. The van der Waals surface area contributed by atoms with Gasteiger partial charge in [0.05, 0.1) is 11.3 Å². The molecule has 0 fully saturated rings. The van der Waals surface area contributed by atoms with E-state index in [1.165, 1.54) is 16.2 Å². The van der Waals surface area contributed by atoms with Crippen molar-refractivity contribution < 1.29 is 19.5 Å². The molecule has 2 N–H and O–H groups in total. The van der Waals surface area contributed by atoms with E-state index in [2.05, 4.69) is 5.32 Å². The fourth-order valence-corrected chi connectivity index (χ4v) is 2.60. The summed E-state index contributed by atoms with van der Waals surface area (Å²) in [6.45, 7) is 6.13. The van der Waals surface area contributed by atoms with Gasteiger partial charge in [0, 0.05) is 13.1 Å². The number of aliphatic carboxylic acids is 1. The van der Waals surface area contributed by atoms with Crippen LogP contribution in [-0.4, -0.2) is 46.9 Å². The highest BCUT2D eigenvalue weighted by molar-refractivity contribution is 7.12. The maximum absolute atomic E-state index is 12.4. The van der Waals surface area contributed by atoms with Gasteiger partial charge in [-0.05, 0) is 24.3 Å². The van der Waals surface area contributed by atoms with Crippen molar-refractivity contribution in [2.75, 3.05) is 13.1 Å². The summed E-state index contributed by atoms with van der Waals surface area (Å²) in [5.74, 6) is -1.28. The van der Waals surface area contributed by atoms with Crippen LogP contribution in [0.4, 0.5) is 0 Å². The van der Waals surface area contributed by atoms with E-state index in [1.807, 2.05) is 13.8 Å². The molecule has 22 heavy (non-hydrogen) atoms. The lowest BCUT2D eigenvalue weighted by Gasteiger charge is -2.27. The van der Waals surface area contributed by atoms with Crippen molar-refractivity contribution in [1.29, 1.82) is 0 Å². The summed E-state index contributed by atoms with van der Waals surface area (Å²) in [6.07, 6.45) is -0.107. The van der Waals surface area contributed by atoms with Crippen molar-refractivity contribution in [1.82, 2.24) is 10.2 Å². The van der Waals surface area contributed by atoms with Gasteiger partial charge >= 0.3 is 5.97 Å². The lowest BCUT2D eigenvalue weighted by molar-refractivity contribution is -0.139. The van der Waals surface area contributed by atoms with Crippen LogP contribution in [0.25, 0.3) is 0 Å². The molecule has 0 bridgehead atoms. The van der Waals surface area contributed by atoms with Crippen molar-refractivity contribution in [2.24, 2.45) is 5.92 Å². The molecule has 1 aromatic heterocycles. The Kier molecular flexibility index (Phi) is 7.04. The summed E-state index contributed by atoms with van der Waals surface area (Å²) in [5, 5.41) is 13.2. The summed E-state index contributed by atoms with van der Waals surface area (Å²) in [4.78, 5) is 37.1. The maximum atomic E-state index is 12.4. The van der Waals surface area contributed by atoms with Gasteiger partial charge in [0.15, 0.2) is 0 Å². The molecule has 0 radical (unpaired) electrons. The van der Waals surface area contributed by atoms with Gasteiger partial charge in [0.1, 0.15) is 6.04 Å². The number of hydrogen-bond acceptors (Lipinski definition) is 4. The Labute approximate surface area is 134 Å². The topological polar surface area (TPSA) is 86.7 Å². The zero-order chi connectivity index (χ0) is 16.7. The normalized spacial score (nSPS) is 12.0. The third-order valence-electron chi connectivity index (χ3n) is 2.96. The third-order valence-corrected chi connectivity index (χ3v) is 3.82. The standard InChI is InChI=1S/C15H22N2O4S/c1-10(2)9-17(7-6-13(18)19)15(21)11(3)16-14(20)12-5-4-8-22-12/h4-5,8,10-11H,6-7,9H2,1-3H3,(H,16,20)(H,18,19). The third kappa shape index (κ3) is 5.85. The van der Waals surface area contributed by atoms with Gasteiger partial charge in [-0.15, -0.1) is 11.3 Å². The van der Waals surface area contributed by atoms with E-state index in [1.54, 1.807) is 24.4 Å². The number of carboxylic acid groups (broad SMARTS) is 1. The van der Waals surface area contributed by atoms with Crippen LogP contribution in [0.2, 0.25) is 0 Å². The Morgan fingerprint density at radius 1 is 1.32 bits per heavy atom. The molecule has 0 spiro atoms. The van der Waals surface area contributed by atoms with Crippen LogP contribution in [0.15, 0.2) is 17.5 Å². The number of thiophene rings is 1. The molecule has 1 unspecified atom stereocenters. The predicted octanol–water partition coefficient (Wildman–Crippen LogP) is 1.83. The van der Waals surface area contributed by atoms with Crippen LogP contribution < -0.4 is 5.32 Å². The number of amides is 2. The molecule has 122 valence electrons. The van der Waals surface area contributed by atoms with Crippen molar-refractivity contribution in [3.8, 4) is 0 Å². The van der Waals surface area contributed by atoms with E-state index in [0.717, 1.165) is 0 Å². The minimum Gasteiger partial charge on any atom is -0.481 e. The van der Waals surface area contributed by atoms with Crippen molar-refractivity contribution in [2.45, 2.75) is 33.2 Å². The molecule has 2 amide bonds. The largest absolute Gasteiger partial charge is 0.481 e. The number of carboxylic acids is 1. The molecule has 0 aliphatic rings. The molecule has 1 atom stereocenters. The van der Waals surface area contributed by atoms with Gasteiger partial charge in [-0.25, -0.2) is 0 Å². The number of rotatable bonds is 8. The lowest BCUT2D eigenvalue weighted by atomic mass is 10.1. The number of nitrogens with one attached hydrogen (secondary N) is 1. The second-order valence-electron chi connectivity index (χ2n) is 5.49. The van der Waals surface area contributed by atoms with E-state index in [9.17, 15) is 14.4 Å². The van der Waals surface area contributed by atoms with Crippen LogP contribution in [0.1, 0.15) is 36.9 Å². The second kappa shape index (κ2) is 8.53. The summed E-state index contributed by atoms with van der Waals surface area (Å²) in [7, 11) is 0. The molecule has 0 saturated heterocycles. The highest BCUT2D eigenvalue weighted by Crippen LogP contribution is 2.09. The van der Waals surface area contributed by atoms with Crippen LogP contribution in [0.3, 0.4) is 0 Å². The first kappa shape index (κ1) is 18.2. The Balaban J connectivity index is 2.66. The molecule has 0 saturated carbocycles. The Hall–Kier alpha value is -1.89. The summed E-state index contributed by atoms with van der Waals surface area (Å²) in [6, 6.07) is 2.76. The van der Waals surface area contributed by atoms with E-state index in [0.29, 0.717) is 11.4 Å². The van der Waals surface area contributed by atoms with Gasteiger partial charge < -0.3 is 15.3 Å². The smallest absolute Gasteiger partial charge is 0.305 e. The predicted molar refractivity (Wildman–Crippen MR) is 84.9 cm³/mol. The van der Waals surface area contributed by atoms with Gasteiger partial charge in [0.2, 0.25) is 5.91 Å². The molecule has 1 aromatic rings. The van der Waals surface area contributed by atoms with Gasteiger partial charge in [-0.3, -0.25) is 14.4 Å². The fraction of sp³-hybridized carbons (Fsp3) is 0.533. The lowest BCUT2D eigenvalue weighted by Crippen LogP contribution is -2.48. The van der Waals surface area contributed by atoms with Crippen molar-refractivity contribution >= 4 is 29.1 Å². The van der Waals surface area contributed by atoms with Crippen LogP contribution in [0, 0.1) is 5.92 Å². The van der Waals surface area contributed by atoms with Crippen molar-refractivity contribution in [3.05, 3.63) is 22.4 Å².